The van der Waals surface area contributed by atoms with Crippen LogP contribution in [0.1, 0.15) is 49.9 Å². The fraction of sp³-hybridized carbons (Fsp3) is 0.600. The molecule has 6 heteroatoms. The Hall–Kier alpha value is -2.16. The lowest BCUT2D eigenvalue weighted by molar-refractivity contribution is -0.153. The molecule has 21 heavy (non-hydrogen) atoms. The average Bonchev–Trinajstić information content (AvgIpc) is 2.44. The molecule has 0 aromatic carbocycles. The minimum Gasteiger partial charge on any atom is -0.481 e. The van der Waals surface area contributed by atoms with Crippen molar-refractivity contribution in [2.24, 2.45) is 5.41 Å². The number of aryl methyl sites for hydroxylation is 1. The first kappa shape index (κ1) is 15.2. The fourth-order valence-electron chi connectivity index (χ4n) is 2.74. The van der Waals surface area contributed by atoms with Crippen molar-refractivity contribution in [2.75, 3.05) is 11.9 Å². The number of nitrogens with one attached hydrogen (secondary N) is 1. The van der Waals surface area contributed by atoms with Crippen molar-refractivity contribution in [3.05, 3.63) is 16.8 Å². The number of aliphatic carboxylic acids is 1. The lowest BCUT2D eigenvalue weighted by atomic mass is 9.69. The average molecular weight is 288 g/mol. The van der Waals surface area contributed by atoms with Gasteiger partial charge in [-0.25, -0.2) is 0 Å². The molecule has 2 N–H and O–H groups in total. The molecule has 0 spiro atoms. The van der Waals surface area contributed by atoms with E-state index in [0.29, 0.717) is 37.2 Å². The van der Waals surface area contributed by atoms with Gasteiger partial charge in [0.15, 0.2) is 5.82 Å². The first-order valence-electron chi connectivity index (χ1n) is 7.33. The second-order valence-electron chi connectivity index (χ2n) is 5.46. The van der Waals surface area contributed by atoms with Crippen molar-refractivity contribution in [1.29, 1.82) is 5.26 Å². The van der Waals surface area contributed by atoms with E-state index in [1.54, 1.807) is 0 Å². The summed E-state index contributed by atoms with van der Waals surface area (Å²) < 4.78 is 0. The number of carbonyl (C=O) groups is 1. The summed E-state index contributed by atoms with van der Waals surface area (Å²) in [6, 6.07) is 2.18. The van der Waals surface area contributed by atoms with E-state index in [4.69, 9.17) is 0 Å². The molecule has 1 aliphatic rings. The molecule has 6 nitrogen and oxygen atoms in total. The van der Waals surface area contributed by atoms with Crippen molar-refractivity contribution < 1.29 is 9.90 Å². The van der Waals surface area contributed by atoms with Gasteiger partial charge in [0.25, 0.3) is 0 Å². The summed E-state index contributed by atoms with van der Waals surface area (Å²) in [5.74, 6) is -0.382. The summed E-state index contributed by atoms with van der Waals surface area (Å²) in [6.07, 6.45) is 3.70. The van der Waals surface area contributed by atoms with Gasteiger partial charge >= 0.3 is 5.97 Å². The minimum absolute atomic E-state index is 0.292. The molecule has 1 fully saturated rings. The Bertz CT molecular complexity index is 588. The molecule has 0 radical (unpaired) electrons. The molecule has 1 aliphatic carbocycles. The maximum atomic E-state index is 11.4. The predicted molar refractivity (Wildman–Crippen MR) is 77.9 cm³/mol. The van der Waals surface area contributed by atoms with Crippen LogP contribution >= 0.6 is 0 Å². The number of anilines is 1. The standard InChI is InChI=1S/C15H20N4O2/c1-3-10-11(8-16)13(19-18-12(10)4-2)17-9-15(14(20)21)6-5-7-15/h3-7,9H2,1-2H3,(H,17,19)(H,20,21). The molecule has 1 aromatic heterocycles. The fourth-order valence-corrected chi connectivity index (χ4v) is 2.74. The van der Waals surface area contributed by atoms with Gasteiger partial charge in [0, 0.05) is 6.54 Å². The molecular formula is C15H20N4O2. The molecule has 0 bridgehead atoms. The van der Waals surface area contributed by atoms with Crippen LogP contribution in [-0.4, -0.2) is 27.8 Å². The van der Waals surface area contributed by atoms with Crippen molar-refractivity contribution >= 4 is 11.8 Å². The Morgan fingerprint density at radius 1 is 1.38 bits per heavy atom. The zero-order valence-electron chi connectivity index (χ0n) is 12.4. The molecule has 2 rings (SSSR count). The van der Waals surface area contributed by atoms with Crippen LogP contribution < -0.4 is 5.32 Å². The lowest BCUT2D eigenvalue weighted by Gasteiger charge is -2.37. The molecule has 0 aliphatic heterocycles. The van der Waals surface area contributed by atoms with E-state index < -0.39 is 11.4 Å². The number of nitrogens with zero attached hydrogens (tertiary/aromatic N) is 3. The van der Waals surface area contributed by atoms with Crippen LogP contribution in [-0.2, 0) is 17.6 Å². The second-order valence-corrected chi connectivity index (χ2v) is 5.46. The Kier molecular flexibility index (Phi) is 4.41. The second kappa shape index (κ2) is 6.08. The number of hydrogen-bond donors (Lipinski definition) is 2. The number of rotatable bonds is 6. The number of nitriles is 1. The molecule has 1 saturated carbocycles. The third kappa shape index (κ3) is 2.68. The van der Waals surface area contributed by atoms with E-state index in [9.17, 15) is 15.2 Å². The third-order valence-electron chi connectivity index (χ3n) is 4.32. The summed E-state index contributed by atoms with van der Waals surface area (Å²) in [6.45, 7) is 4.25. The van der Waals surface area contributed by atoms with Crippen LogP contribution in [0.3, 0.4) is 0 Å². The Balaban J connectivity index is 2.25. The lowest BCUT2D eigenvalue weighted by Crippen LogP contribution is -2.43. The third-order valence-corrected chi connectivity index (χ3v) is 4.32. The van der Waals surface area contributed by atoms with Crippen LogP contribution in [0.25, 0.3) is 0 Å². The van der Waals surface area contributed by atoms with Crippen LogP contribution in [0.2, 0.25) is 0 Å². The summed E-state index contributed by atoms with van der Waals surface area (Å²) >= 11 is 0. The quantitative estimate of drug-likeness (QED) is 0.832. The SMILES string of the molecule is CCc1nnc(NCC2(C(=O)O)CCC2)c(C#N)c1CC. The van der Waals surface area contributed by atoms with Crippen LogP contribution in [0.4, 0.5) is 5.82 Å². The van der Waals surface area contributed by atoms with Gasteiger partial charge in [0.1, 0.15) is 11.6 Å². The summed E-state index contributed by atoms with van der Waals surface area (Å²) in [5, 5.41) is 30.0. The highest BCUT2D eigenvalue weighted by Gasteiger charge is 2.44. The summed E-state index contributed by atoms with van der Waals surface area (Å²) in [5.41, 5.74) is 1.50. The van der Waals surface area contributed by atoms with E-state index >= 15 is 0 Å². The van der Waals surface area contributed by atoms with Gasteiger partial charge in [-0.3, -0.25) is 4.79 Å². The number of hydrogen-bond acceptors (Lipinski definition) is 5. The van der Waals surface area contributed by atoms with Crippen molar-refractivity contribution in [3.63, 3.8) is 0 Å². The van der Waals surface area contributed by atoms with Gasteiger partial charge < -0.3 is 10.4 Å². The van der Waals surface area contributed by atoms with Crippen LogP contribution in [0, 0.1) is 16.7 Å². The molecule has 0 unspecified atom stereocenters. The van der Waals surface area contributed by atoms with Gasteiger partial charge in [-0.2, -0.15) is 10.4 Å². The maximum absolute atomic E-state index is 11.4. The molecular weight excluding hydrogens is 268 g/mol. The van der Waals surface area contributed by atoms with Gasteiger partial charge in [-0.1, -0.05) is 20.3 Å². The highest BCUT2D eigenvalue weighted by Crippen LogP contribution is 2.41. The van der Waals surface area contributed by atoms with E-state index in [0.717, 1.165) is 24.1 Å². The normalized spacial score (nSPS) is 15.9. The zero-order valence-corrected chi connectivity index (χ0v) is 12.4. The molecule has 1 aromatic rings. The maximum Gasteiger partial charge on any atom is 0.311 e. The van der Waals surface area contributed by atoms with E-state index in [2.05, 4.69) is 21.6 Å². The van der Waals surface area contributed by atoms with Gasteiger partial charge in [-0.15, -0.1) is 5.10 Å². The summed E-state index contributed by atoms with van der Waals surface area (Å²) in [7, 11) is 0. The van der Waals surface area contributed by atoms with E-state index in [1.807, 2.05) is 13.8 Å². The smallest absolute Gasteiger partial charge is 0.311 e. The molecule has 1 heterocycles. The number of aromatic nitrogens is 2. The van der Waals surface area contributed by atoms with Crippen molar-refractivity contribution in [2.45, 2.75) is 46.0 Å². The largest absolute Gasteiger partial charge is 0.481 e. The number of carboxylic acids is 1. The van der Waals surface area contributed by atoms with Crippen LogP contribution in [0.5, 0.6) is 0 Å². The Morgan fingerprint density at radius 3 is 2.52 bits per heavy atom. The molecule has 0 saturated heterocycles. The first-order chi connectivity index (χ1) is 10.1. The molecule has 0 atom stereocenters. The summed E-state index contributed by atoms with van der Waals surface area (Å²) in [4.78, 5) is 11.4. The molecule has 0 amide bonds. The first-order valence-corrected chi connectivity index (χ1v) is 7.33. The monoisotopic (exact) mass is 288 g/mol. The molecule has 112 valence electrons. The van der Waals surface area contributed by atoms with Crippen molar-refractivity contribution in [1.82, 2.24) is 10.2 Å². The topological polar surface area (TPSA) is 98.9 Å². The van der Waals surface area contributed by atoms with E-state index in [-0.39, 0.29) is 0 Å². The van der Waals surface area contributed by atoms with E-state index in [1.165, 1.54) is 0 Å². The van der Waals surface area contributed by atoms with Gasteiger partial charge in [-0.05, 0) is 31.2 Å². The van der Waals surface area contributed by atoms with Crippen molar-refractivity contribution in [3.8, 4) is 6.07 Å². The Labute approximate surface area is 124 Å². The van der Waals surface area contributed by atoms with Gasteiger partial charge in [0.05, 0.1) is 11.1 Å². The number of carboxylic acid groups (broad SMARTS) is 1. The van der Waals surface area contributed by atoms with Crippen LogP contribution in [0.15, 0.2) is 0 Å². The highest BCUT2D eigenvalue weighted by molar-refractivity contribution is 5.76. The Morgan fingerprint density at radius 2 is 2.10 bits per heavy atom. The zero-order chi connectivity index (χ0) is 15.5. The minimum atomic E-state index is -0.784. The predicted octanol–water partition coefficient (Wildman–Crippen LogP) is 2.14. The highest BCUT2D eigenvalue weighted by atomic mass is 16.4. The van der Waals surface area contributed by atoms with Gasteiger partial charge in [0.2, 0.25) is 0 Å².